The number of carbonyl (C=O) groups excluding carboxylic acids is 1. The highest BCUT2D eigenvalue weighted by Crippen LogP contribution is 2.30. The maximum absolute atomic E-state index is 11.4. The lowest BCUT2D eigenvalue weighted by atomic mass is 9.77. The van der Waals surface area contributed by atoms with E-state index in [0.717, 1.165) is 32.1 Å². The molecule has 0 aliphatic heterocycles. The summed E-state index contributed by atoms with van der Waals surface area (Å²) in [6.45, 7) is 2.35. The maximum atomic E-state index is 11.4. The molecule has 1 fully saturated rings. The van der Waals surface area contributed by atoms with Crippen molar-refractivity contribution in [2.75, 3.05) is 6.61 Å². The Balaban J connectivity index is 2.27. The van der Waals surface area contributed by atoms with Gasteiger partial charge in [0.15, 0.2) is 0 Å². The van der Waals surface area contributed by atoms with Crippen LogP contribution in [-0.2, 0) is 4.79 Å². The van der Waals surface area contributed by atoms with Crippen molar-refractivity contribution < 1.29 is 9.90 Å². The van der Waals surface area contributed by atoms with Crippen LogP contribution >= 0.6 is 0 Å². The number of aliphatic hydroxyl groups is 1. The van der Waals surface area contributed by atoms with Crippen molar-refractivity contribution in [3.63, 3.8) is 0 Å². The minimum atomic E-state index is 0.271. The first-order valence-corrected chi connectivity index (χ1v) is 5.39. The predicted octanol–water partition coefficient (Wildman–Crippen LogP) is 2.15. The summed E-state index contributed by atoms with van der Waals surface area (Å²) in [5.41, 5.74) is 0. The van der Waals surface area contributed by atoms with Crippen molar-refractivity contribution in [1.29, 1.82) is 0 Å². The number of aliphatic hydroxyl groups excluding tert-OH is 1. The van der Waals surface area contributed by atoms with Gasteiger partial charge >= 0.3 is 0 Å². The molecule has 1 aliphatic rings. The smallest absolute Gasteiger partial charge is 0.135 e. The van der Waals surface area contributed by atoms with Gasteiger partial charge in [0.05, 0.1) is 0 Å². The highest BCUT2D eigenvalue weighted by Gasteiger charge is 2.27. The predicted molar refractivity (Wildman–Crippen MR) is 52.4 cm³/mol. The van der Waals surface area contributed by atoms with E-state index in [1.807, 2.05) is 0 Å². The van der Waals surface area contributed by atoms with Gasteiger partial charge in [-0.25, -0.2) is 0 Å². The number of Topliss-reactive ketones (excluding diaryl/α,β-unsaturated/α-hetero) is 1. The van der Waals surface area contributed by atoms with Crippen LogP contribution in [0.25, 0.3) is 0 Å². The molecule has 0 spiro atoms. The molecule has 0 aromatic heterocycles. The molecule has 0 aromatic rings. The van der Waals surface area contributed by atoms with E-state index in [1.165, 1.54) is 6.42 Å². The second kappa shape index (κ2) is 5.38. The molecule has 1 rings (SSSR count). The Bertz CT molecular complexity index is 165. The van der Waals surface area contributed by atoms with E-state index in [9.17, 15) is 4.79 Å². The van der Waals surface area contributed by atoms with Gasteiger partial charge < -0.3 is 5.11 Å². The Morgan fingerprint density at radius 1 is 1.46 bits per heavy atom. The Morgan fingerprint density at radius 2 is 2.23 bits per heavy atom. The van der Waals surface area contributed by atoms with Crippen LogP contribution < -0.4 is 0 Å². The van der Waals surface area contributed by atoms with Crippen LogP contribution in [0.3, 0.4) is 0 Å². The third-order valence-electron chi connectivity index (χ3n) is 3.20. The van der Waals surface area contributed by atoms with E-state index in [0.29, 0.717) is 11.7 Å². The monoisotopic (exact) mass is 184 g/mol. The molecule has 0 radical (unpaired) electrons. The van der Waals surface area contributed by atoms with Gasteiger partial charge in [0, 0.05) is 18.9 Å². The molecule has 1 N–H and O–H groups in total. The van der Waals surface area contributed by atoms with Crippen molar-refractivity contribution >= 4 is 5.78 Å². The first-order chi connectivity index (χ1) is 6.25. The number of hydrogen-bond acceptors (Lipinski definition) is 2. The van der Waals surface area contributed by atoms with Gasteiger partial charge in [0.2, 0.25) is 0 Å². The van der Waals surface area contributed by atoms with Gasteiger partial charge in [-0.2, -0.15) is 0 Å². The molecule has 0 heterocycles. The fourth-order valence-corrected chi connectivity index (χ4v) is 2.19. The van der Waals surface area contributed by atoms with Gasteiger partial charge in [-0.1, -0.05) is 13.3 Å². The average molecular weight is 184 g/mol. The van der Waals surface area contributed by atoms with Gasteiger partial charge in [-0.05, 0) is 31.6 Å². The van der Waals surface area contributed by atoms with Crippen LogP contribution in [0.2, 0.25) is 0 Å². The molecular weight excluding hydrogens is 164 g/mol. The molecule has 0 saturated heterocycles. The fraction of sp³-hybridized carbons (Fsp3) is 0.909. The van der Waals surface area contributed by atoms with Gasteiger partial charge in [-0.3, -0.25) is 4.79 Å². The molecule has 76 valence electrons. The lowest BCUT2D eigenvalue weighted by Gasteiger charge is -2.27. The van der Waals surface area contributed by atoms with Crippen molar-refractivity contribution in [2.45, 2.75) is 45.4 Å². The van der Waals surface area contributed by atoms with Crippen LogP contribution in [-0.4, -0.2) is 17.5 Å². The molecule has 2 heteroatoms. The quantitative estimate of drug-likeness (QED) is 0.680. The van der Waals surface area contributed by atoms with Gasteiger partial charge in [-0.15, -0.1) is 0 Å². The molecule has 2 unspecified atom stereocenters. The molecule has 0 amide bonds. The molecule has 2 nitrogen and oxygen atoms in total. The Kier molecular flexibility index (Phi) is 4.43. The number of rotatable bonds is 4. The summed E-state index contributed by atoms with van der Waals surface area (Å²) in [6, 6.07) is 0. The van der Waals surface area contributed by atoms with E-state index >= 15 is 0 Å². The summed E-state index contributed by atoms with van der Waals surface area (Å²) in [4.78, 5) is 11.4. The van der Waals surface area contributed by atoms with Crippen LogP contribution in [0.1, 0.15) is 45.4 Å². The minimum absolute atomic E-state index is 0.271. The lowest BCUT2D eigenvalue weighted by molar-refractivity contribution is -0.126. The fourth-order valence-electron chi connectivity index (χ4n) is 2.19. The summed E-state index contributed by atoms with van der Waals surface area (Å²) >= 11 is 0. The van der Waals surface area contributed by atoms with E-state index in [4.69, 9.17) is 5.11 Å². The number of unbranched alkanes of at least 4 members (excludes halogenated alkanes) is 1. The SMILES string of the molecule is CC1C(=O)CCCC1CCCCO. The summed E-state index contributed by atoms with van der Waals surface area (Å²) in [5, 5.41) is 8.65. The molecule has 1 aliphatic carbocycles. The Morgan fingerprint density at radius 3 is 2.92 bits per heavy atom. The zero-order valence-electron chi connectivity index (χ0n) is 8.46. The average Bonchev–Trinajstić information content (AvgIpc) is 2.13. The van der Waals surface area contributed by atoms with Crippen LogP contribution in [0.15, 0.2) is 0 Å². The van der Waals surface area contributed by atoms with Crippen LogP contribution in [0, 0.1) is 11.8 Å². The number of hydrogen-bond donors (Lipinski definition) is 1. The molecule has 0 aromatic carbocycles. The lowest BCUT2D eigenvalue weighted by Crippen LogP contribution is -2.25. The van der Waals surface area contributed by atoms with E-state index in [1.54, 1.807) is 0 Å². The summed E-state index contributed by atoms with van der Waals surface area (Å²) < 4.78 is 0. The number of carbonyl (C=O) groups is 1. The maximum Gasteiger partial charge on any atom is 0.135 e. The van der Waals surface area contributed by atoms with Crippen molar-refractivity contribution in [3.05, 3.63) is 0 Å². The zero-order chi connectivity index (χ0) is 9.68. The molecular formula is C11H20O2. The highest BCUT2D eigenvalue weighted by atomic mass is 16.2. The van der Waals surface area contributed by atoms with E-state index in [2.05, 4.69) is 6.92 Å². The highest BCUT2D eigenvalue weighted by molar-refractivity contribution is 5.81. The second-order valence-corrected chi connectivity index (χ2v) is 4.13. The molecule has 2 atom stereocenters. The second-order valence-electron chi connectivity index (χ2n) is 4.13. The Hall–Kier alpha value is -0.370. The first-order valence-electron chi connectivity index (χ1n) is 5.39. The molecule has 0 bridgehead atoms. The molecule has 1 saturated carbocycles. The van der Waals surface area contributed by atoms with E-state index < -0.39 is 0 Å². The first kappa shape index (κ1) is 10.7. The third kappa shape index (κ3) is 3.11. The van der Waals surface area contributed by atoms with E-state index in [-0.39, 0.29) is 12.5 Å². The summed E-state index contributed by atoms with van der Waals surface area (Å²) in [6.07, 6.45) is 6.15. The topological polar surface area (TPSA) is 37.3 Å². The summed E-state index contributed by atoms with van der Waals surface area (Å²) in [5.74, 6) is 1.31. The van der Waals surface area contributed by atoms with Crippen molar-refractivity contribution in [1.82, 2.24) is 0 Å². The Labute approximate surface area is 80.3 Å². The van der Waals surface area contributed by atoms with Gasteiger partial charge in [0.25, 0.3) is 0 Å². The van der Waals surface area contributed by atoms with Crippen molar-refractivity contribution in [2.24, 2.45) is 11.8 Å². The van der Waals surface area contributed by atoms with Crippen LogP contribution in [0.4, 0.5) is 0 Å². The summed E-state index contributed by atoms with van der Waals surface area (Å²) in [7, 11) is 0. The number of ketones is 1. The third-order valence-corrected chi connectivity index (χ3v) is 3.20. The minimum Gasteiger partial charge on any atom is -0.396 e. The van der Waals surface area contributed by atoms with Gasteiger partial charge in [0.1, 0.15) is 5.78 Å². The van der Waals surface area contributed by atoms with Crippen LogP contribution in [0.5, 0.6) is 0 Å². The standard InChI is InChI=1S/C11H20O2/c1-9-10(5-2-3-8-12)6-4-7-11(9)13/h9-10,12H,2-8H2,1H3. The van der Waals surface area contributed by atoms with Crippen molar-refractivity contribution in [3.8, 4) is 0 Å². The largest absolute Gasteiger partial charge is 0.396 e. The zero-order valence-corrected chi connectivity index (χ0v) is 8.46. The molecule has 13 heavy (non-hydrogen) atoms. The normalized spacial score (nSPS) is 29.2.